The average molecular weight is 543 g/mol. The first kappa shape index (κ1) is 29.8. The van der Waals surface area contributed by atoms with Crippen LogP contribution in [0.2, 0.25) is 0 Å². The largest absolute Gasteiger partial charge is 0.486 e. The first-order valence-corrected chi connectivity index (χ1v) is 15.0. The highest BCUT2D eigenvalue weighted by molar-refractivity contribution is 6.02. The summed E-state index contributed by atoms with van der Waals surface area (Å²) < 4.78 is 6.75. The second-order valence-electron chi connectivity index (χ2n) is 12.2. The van der Waals surface area contributed by atoms with Crippen molar-refractivity contribution < 1.29 is 14.3 Å². The van der Waals surface area contributed by atoms with E-state index in [1.165, 1.54) is 0 Å². The van der Waals surface area contributed by atoms with Gasteiger partial charge in [0.25, 0.3) is 5.91 Å². The molecule has 0 spiro atoms. The molecule has 2 saturated heterocycles. The van der Waals surface area contributed by atoms with Gasteiger partial charge in [0.2, 0.25) is 5.91 Å². The number of piperidine rings is 1. The Morgan fingerprint density at radius 3 is 2.64 bits per heavy atom. The number of para-hydroxylation sites is 1. The van der Waals surface area contributed by atoms with Crippen LogP contribution < -0.4 is 20.8 Å². The minimum atomic E-state index is -0.128. The van der Waals surface area contributed by atoms with Crippen LogP contribution in [-0.4, -0.2) is 97.7 Å². The van der Waals surface area contributed by atoms with Crippen molar-refractivity contribution >= 4 is 17.5 Å². The van der Waals surface area contributed by atoms with Gasteiger partial charge in [0.1, 0.15) is 6.10 Å². The molecule has 4 rings (SSSR count). The van der Waals surface area contributed by atoms with E-state index >= 15 is 0 Å². The van der Waals surface area contributed by atoms with Crippen LogP contribution in [0.4, 0.5) is 5.69 Å². The average Bonchev–Trinajstić information content (AvgIpc) is 3.25. The fourth-order valence-electron chi connectivity index (χ4n) is 6.17. The van der Waals surface area contributed by atoms with E-state index in [0.717, 1.165) is 58.5 Å². The summed E-state index contributed by atoms with van der Waals surface area (Å²) in [5, 5.41) is 8.82. The zero-order valence-electron chi connectivity index (χ0n) is 24.8. The highest BCUT2D eigenvalue weighted by Gasteiger charge is 2.36. The maximum absolute atomic E-state index is 13.7. The third kappa shape index (κ3) is 7.12. The van der Waals surface area contributed by atoms with Crippen molar-refractivity contribution in [1.29, 1.82) is 0 Å². The van der Waals surface area contributed by atoms with Crippen LogP contribution in [0.5, 0.6) is 5.75 Å². The minimum Gasteiger partial charge on any atom is -0.486 e. The SMILES string of the molecule is CCCN1NCC(CN(C)CC2Oc3c(NC(=O)C4CCNCC4)cccc3C(=O)N(C(C)C)CC2C)C1C. The molecule has 3 heterocycles. The van der Waals surface area contributed by atoms with Crippen molar-refractivity contribution in [1.82, 2.24) is 25.6 Å². The second kappa shape index (κ2) is 13.4. The number of nitrogens with one attached hydrogen (secondary N) is 3. The molecule has 0 aliphatic carbocycles. The molecule has 3 N–H and O–H groups in total. The Labute approximate surface area is 235 Å². The summed E-state index contributed by atoms with van der Waals surface area (Å²) in [7, 11) is 2.17. The second-order valence-corrected chi connectivity index (χ2v) is 12.2. The summed E-state index contributed by atoms with van der Waals surface area (Å²) in [5.74, 6) is 1.09. The van der Waals surface area contributed by atoms with Gasteiger partial charge in [-0.2, -0.15) is 0 Å². The molecule has 4 atom stereocenters. The van der Waals surface area contributed by atoms with Crippen LogP contribution >= 0.6 is 0 Å². The van der Waals surface area contributed by atoms with Crippen LogP contribution in [0.25, 0.3) is 0 Å². The van der Waals surface area contributed by atoms with Crippen molar-refractivity contribution in [3.05, 3.63) is 23.8 Å². The zero-order chi connectivity index (χ0) is 28.1. The van der Waals surface area contributed by atoms with Crippen molar-refractivity contribution in [2.45, 2.75) is 72.1 Å². The molecule has 9 heteroatoms. The topological polar surface area (TPSA) is 89.2 Å². The monoisotopic (exact) mass is 542 g/mol. The number of fused-ring (bicyclic) bond motifs is 1. The number of likely N-dealkylation sites (N-methyl/N-ethyl adjacent to an activating group) is 1. The first-order chi connectivity index (χ1) is 18.7. The number of nitrogens with zero attached hydrogens (tertiary/aromatic N) is 3. The molecule has 0 bridgehead atoms. The van der Waals surface area contributed by atoms with Crippen LogP contribution in [0.15, 0.2) is 18.2 Å². The summed E-state index contributed by atoms with van der Waals surface area (Å²) in [6, 6.07) is 6.09. The van der Waals surface area contributed by atoms with E-state index in [1.807, 2.05) is 23.1 Å². The van der Waals surface area contributed by atoms with Gasteiger partial charge in [-0.25, -0.2) is 5.01 Å². The summed E-state index contributed by atoms with van der Waals surface area (Å²) in [5.41, 5.74) is 4.69. The lowest BCUT2D eigenvalue weighted by atomic mass is 9.96. The summed E-state index contributed by atoms with van der Waals surface area (Å²) in [4.78, 5) is 31.2. The Morgan fingerprint density at radius 1 is 1.21 bits per heavy atom. The molecule has 2 fully saturated rings. The maximum atomic E-state index is 13.7. The van der Waals surface area contributed by atoms with Gasteiger partial charge < -0.3 is 25.2 Å². The fraction of sp³-hybridized carbons (Fsp3) is 0.733. The van der Waals surface area contributed by atoms with Gasteiger partial charge in [-0.05, 0) is 72.3 Å². The molecule has 4 unspecified atom stereocenters. The Bertz CT molecular complexity index is 981. The molecule has 0 saturated carbocycles. The lowest BCUT2D eigenvalue weighted by Crippen LogP contribution is -2.49. The lowest BCUT2D eigenvalue weighted by Gasteiger charge is -2.38. The quantitative estimate of drug-likeness (QED) is 0.442. The zero-order valence-corrected chi connectivity index (χ0v) is 24.8. The minimum absolute atomic E-state index is 0.00444. The Balaban J connectivity index is 1.55. The van der Waals surface area contributed by atoms with Crippen LogP contribution in [-0.2, 0) is 4.79 Å². The number of hydrazine groups is 1. The van der Waals surface area contributed by atoms with Gasteiger partial charge >= 0.3 is 0 Å². The number of hydrogen-bond acceptors (Lipinski definition) is 7. The van der Waals surface area contributed by atoms with E-state index in [1.54, 1.807) is 0 Å². The number of amides is 2. The van der Waals surface area contributed by atoms with E-state index < -0.39 is 0 Å². The number of anilines is 1. The molecule has 0 aromatic heterocycles. The number of ether oxygens (including phenoxy) is 1. The third-order valence-electron chi connectivity index (χ3n) is 8.72. The summed E-state index contributed by atoms with van der Waals surface area (Å²) in [6.07, 6.45) is 2.64. The van der Waals surface area contributed by atoms with Crippen molar-refractivity contribution in [3.8, 4) is 5.75 Å². The van der Waals surface area contributed by atoms with Gasteiger partial charge in [0, 0.05) is 62.6 Å². The van der Waals surface area contributed by atoms with Gasteiger partial charge in [-0.1, -0.05) is 19.9 Å². The highest BCUT2D eigenvalue weighted by Crippen LogP contribution is 2.35. The molecule has 1 aromatic carbocycles. The molecule has 3 aliphatic rings. The predicted octanol–water partition coefficient (Wildman–Crippen LogP) is 3.04. The molecule has 9 nitrogen and oxygen atoms in total. The summed E-state index contributed by atoms with van der Waals surface area (Å²) >= 11 is 0. The van der Waals surface area contributed by atoms with Gasteiger partial charge in [0.05, 0.1) is 11.3 Å². The van der Waals surface area contributed by atoms with E-state index in [0.29, 0.717) is 35.5 Å². The van der Waals surface area contributed by atoms with Gasteiger partial charge in [0.15, 0.2) is 5.75 Å². The molecule has 1 aromatic rings. The number of rotatable bonds is 9. The molecule has 3 aliphatic heterocycles. The molecule has 39 heavy (non-hydrogen) atoms. The maximum Gasteiger partial charge on any atom is 0.257 e. The number of carbonyl (C=O) groups is 2. The summed E-state index contributed by atoms with van der Waals surface area (Å²) in [6.45, 7) is 16.9. The predicted molar refractivity (Wildman–Crippen MR) is 156 cm³/mol. The van der Waals surface area contributed by atoms with Gasteiger partial charge in [-0.3, -0.25) is 15.0 Å². The Morgan fingerprint density at radius 2 is 1.95 bits per heavy atom. The first-order valence-electron chi connectivity index (χ1n) is 15.0. The standard InChI is InChI=1S/C30H50N6O3/c1-7-15-36-22(5)24(16-32-36)18-34(6)19-27-21(4)17-35(20(2)3)30(38)25-9-8-10-26(28(25)39-27)33-29(37)23-11-13-31-14-12-23/h8-10,20-24,27,31-32H,7,11-19H2,1-6H3,(H,33,37). The Kier molecular flexibility index (Phi) is 10.3. The van der Waals surface area contributed by atoms with Crippen LogP contribution in [0, 0.1) is 17.8 Å². The number of hydrogen-bond donors (Lipinski definition) is 3. The smallest absolute Gasteiger partial charge is 0.257 e. The fourth-order valence-corrected chi connectivity index (χ4v) is 6.17. The third-order valence-corrected chi connectivity index (χ3v) is 8.72. The normalized spacial score (nSPS) is 26.9. The van der Waals surface area contributed by atoms with Crippen molar-refractivity contribution in [2.24, 2.45) is 17.8 Å². The van der Waals surface area contributed by atoms with E-state index in [-0.39, 0.29) is 35.8 Å². The van der Waals surface area contributed by atoms with Crippen LogP contribution in [0.3, 0.4) is 0 Å². The van der Waals surface area contributed by atoms with E-state index in [4.69, 9.17) is 4.74 Å². The molecule has 2 amide bonds. The van der Waals surface area contributed by atoms with E-state index in [9.17, 15) is 9.59 Å². The van der Waals surface area contributed by atoms with Crippen LogP contribution in [0.1, 0.15) is 64.2 Å². The van der Waals surface area contributed by atoms with Crippen molar-refractivity contribution in [3.63, 3.8) is 0 Å². The lowest BCUT2D eigenvalue weighted by molar-refractivity contribution is -0.120. The molecular formula is C30H50N6O3. The molecule has 0 radical (unpaired) electrons. The molecular weight excluding hydrogens is 492 g/mol. The number of carbonyl (C=O) groups excluding carboxylic acids is 2. The van der Waals surface area contributed by atoms with Crippen molar-refractivity contribution in [2.75, 3.05) is 58.2 Å². The molecule has 218 valence electrons. The number of benzene rings is 1. The van der Waals surface area contributed by atoms with E-state index in [2.05, 4.69) is 67.6 Å². The Hall–Kier alpha value is -2.20. The van der Waals surface area contributed by atoms with Gasteiger partial charge in [-0.15, -0.1) is 0 Å². The highest BCUT2D eigenvalue weighted by atomic mass is 16.5.